The summed E-state index contributed by atoms with van der Waals surface area (Å²) in [4.78, 5) is 69.8. The summed E-state index contributed by atoms with van der Waals surface area (Å²) < 4.78 is 74.3. The lowest BCUT2D eigenvalue weighted by Gasteiger charge is -2.30. The fraction of sp³-hybridized carbons (Fsp3) is 0.618. The van der Waals surface area contributed by atoms with Gasteiger partial charge in [-0.25, -0.2) is 13.2 Å². The molecule has 3 aliphatic heterocycles. The fourth-order valence-electron chi connectivity index (χ4n) is 7.32. The number of ether oxygens (including phenoxy) is 1. The number of rotatable bonds is 7. The number of nitrogens with one attached hydrogen (secondary N) is 3. The van der Waals surface area contributed by atoms with Gasteiger partial charge in [0.2, 0.25) is 27.7 Å². The first-order valence-electron chi connectivity index (χ1n) is 17.3. The van der Waals surface area contributed by atoms with Crippen molar-refractivity contribution in [2.75, 3.05) is 6.54 Å². The van der Waals surface area contributed by atoms with E-state index in [4.69, 9.17) is 4.74 Å². The molecule has 1 aromatic rings. The largest absolute Gasteiger partial charge is 0.444 e. The molecule has 0 spiro atoms. The predicted molar refractivity (Wildman–Crippen MR) is 175 cm³/mol. The highest BCUT2D eigenvalue weighted by atomic mass is 32.2. The van der Waals surface area contributed by atoms with Crippen molar-refractivity contribution in [2.24, 2.45) is 5.92 Å². The summed E-state index contributed by atoms with van der Waals surface area (Å²) in [7, 11) is -4.00. The third-order valence-electron chi connectivity index (χ3n) is 10.4. The van der Waals surface area contributed by atoms with Crippen LogP contribution in [0.25, 0.3) is 0 Å². The fourth-order valence-corrected chi connectivity index (χ4v) is 8.68. The van der Waals surface area contributed by atoms with Crippen LogP contribution in [-0.4, -0.2) is 89.6 Å². The van der Waals surface area contributed by atoms with Crippen LogP contribution in [0.1, 0.15) is 80.9 Å². The van der Waals surface area contributed by atoms with Gasteiger partial charge in [-0.15, -0.1) is 6.58 Å². The molecule has 5 atom stereocenters. The van der Waals surface area contributed by atoms with Crippen molar-refractivity contribution < 1.29 is 50.3 Å². The summed E-state index contributed by atoms with van der Waals surface area (Å²) in [6.07, 6.45) is -3.37. The van der Waals surface area contributed by atoms with Gasteiger partial charge in [-0.2, -0.15) is 13.2 Å². The van der Waals surface area contributed by atoms with E-state index in [2.05, 4.69) is 17.2 Å². The summed E-state index contributed by atoms with van der Waals surface area (Å²) >= 11 is 0. The Morgan fingerprint density at radius 2 is 1.76 bits per heavy atom. The maximum atomic E-state index is 13.9. The van der Waals surface area contributed by atoms with Gasteiger partial charge >= 0.3 is 12.3 Å². The van der Waals surface area contributed by atoms with Gasteiger partial charge in [0.25, 0.3) is 5.91 Å². The molecule has 0 aromatic heterocycles. The van der Waals surface area contributed by atoms with Gasteiger partial charge in [-0.1, -0.05) is 37.1 Å². The van der Waals surface area contributed by atoms with Crippen LogP contribution in [0.15, 0.2) is 30.9 Å². The van der Waals surface area contributed by atoms with E-state index in [-0.39, 0.29) is 32.4 Å². The lowest BCUT2D eigenvalue weighted by Crippen LogP contribution is -2.58. The van der Waals surface area contributed by atoms with E-state index < -0.39 is 93.8 Å². The Bertz CT molecular complexity index is 1720. The number of fused-ring (bicyclic) bond motifs is 3. The summed E-state index contributed by atoms with van der Waals surface area (Å²) in [6, 6.07) is 2.25. The van der Waals surface area contributed by atoms with Gasteiger partial charge in [0.1, 0.15) is 23.7 Å². The molecular weight excluding hydrogens is 695 g/mol. The Balaban J connectivity index is 1.27. The molecule has 17 heteroatoms. The summed E-state index contributed by atoms with van der Waals surface area (Å²) in [6.45, 7) is 3.74. The van der Waals surface area contributed by atoms with E-state index in [0.29, 0.717) is 25.7 Å². The molecule has 2 saturated carbocycles. The summed E-state index contributed by atoms with van der Waals surface area (Å²) in [5, 5.41) is 4.03. The Labute approximate surface area is 293 Å². The molecule has 13 nitrogen and oxygen atoms in total. The van der Waals surface area contributed by atoms with Crippen molar-refractivity contribution in [3.8, 4) is 0 Å². The second-order valence-corrected chi connectivity index (χ2v) is 16.2. The first kappa shape index (κ1) is 36.6. The van der Waals surface area contributed by atoms with Gasteiger partial charge in [0.05, 0.1) is 18.2 Å². The third kappa shape index (κ3) is 8.17. The minimum atomic E-state index is -4.87. The lowest BCUT2D eigenvalue weighted by atomic mass is 9.98. The number of alkyl halides is 3. The van der Waals surface area contributed by atoms with E-state index in [1.807, 2.05) is 22.9 Å². The van der Waals surface area contributed by atoms with Crippen LogP contribution in [-0.2, 0) is 53.4 Å². The van der Waals surface area contributed by atoms with Crippen molar-refractivity contribution in [3.63, 3.8) is 0 Å². The van der Waals surface area contributed by atoms with Crippen LogP contribution < -0.4 is 15.4 Å². The number of sulfonamides is 1. The molecule has 3 N–H and O–H groups in total. The second-order valence-electron chi connectivity index (χ2n) is 14.2. The minimum absolute atomic E-state index is 0.00238. The third-order valence-corrected chi connectivity index (χ3v) is 12.2. The number of hydrogen-bond donors (Lipinski definition) is 3. The average molecular weight is 738 g/mol. The molecule has 3 heterocycles. The minimum Gasteiger partial charge on any atom is -0.444 e. The molecule has 5 aliphatic rings. The Kier molecular flexibility index (Phi) is 10.1. The average Bonchev–Trinajstić information content (AvgIpc) is 3.95. The SMILES string of the molecule is C=C[C@@H]1C[C@@]1(NC(=O)[C@@H]1C[C@@H]2CN1C(=O)[C@H](CC(F)(F)F)NC(=O)CCCCCCc1cccc3c1CN(C3)C(=O)O2)C(=O)NS(=O)(=O)C1CC1. The Hall–Kier alpha value is -4.15. The number of amides is 5. The number of hydrogen-bond acceptors (Lipinski definition) is 8. The molecule has 1 aromatic carbocycles. The van der Waals surface area contributed by atoms with E-state index in [1.165, 1.54) is 11.0 Å². The molecule has 278 valence electrons. The molecule has 0 unspecified atom stereocenters. The highest BCUT2D eigenvalue weighted by Gasteiger charge is 2.62. The van der Waals surface area contributed by atoms with Crippen molar-refractivity contribution in [2.45, 2.75) is 119 Å². The zero-order valence-corrected chi connectivity index (χ0v) is 28.8. The lowest BCUT2D eigenvalue weighted by molar-refractivity contribution is -0.157. The number of aryl methyl sites for hydroxylation is 1. The van der Waals surface area contributed by atoms with Crippen LogP contribution in [0, 0.1) is 5.92 Å². The van der Waals surface area contributed by atoms with E-state index in [0.717, 1.165) is 40.9 Å². The van der Waals surface area contributed by atoms with Crippen molar-refractivity contribution in [3.05, 3.63) is 47.5 Å². The maximum Gasteiger partial charge on any atom is 0.410 e. The van der Waals surface area contributed by atoms with Crippen molar-refractivity contribution in [1.82, 2.24) is 25.2 Å². The van der Waals surface area contributed by atoms with E-state index in [9.17, 15) is 45.6 Å². The van der Waals surface area contributed by atoms with E-state index >= 15 is 0 Å². The maximum absolute atomic E-state index is 13.9. The number of carbonyl (C=O) groups is 5. The summed E-state index contributed by atoms with van der Waals surface area (Å²) in [5.41, 5.74) is 1.33. The molecule has 1 saturated heterocycles. The van der Waals surface area contributed by atoms with Crippen molar-refractivity contribution >= 4 is 39.7 Å². The molecule has 3 fully saturated rings. The zero-order chi connectivity index (χ0) is 36.7. The molecular formula is C34H42F3N5O8S. The highest BCUT2D eigenvalue weighted by molar-refractivity contribution is 7.91. The van der Waals surface area contributed by atoms with Crippen molar-refractivity contribution in [1.29, 1.82) is 0 Å². The molecule has 5 amide bonds. The summed E-state index contributed by atoms with van der Waals surface area (Å²) in [5.74, 6) is -4.57. The van der Waals surface area contributed by atoms with Gasteiger partial charge in [0, 0.05) is 31.8 Å². The zero-order valence-electron chi connectivity index (χ0n) is 28.0. The molecule has 6 rings (SSSR count). The quantitative estimate of drug-likeness (QED) is 0.359. The van der Waals surface area contributed by atoms with Gasteiger partial charge in [0.15, 0.2) is 0 Å². The topological polar surface area (TPSA) is 171 Å². The molecule has 0 radical (unpaired) electrons. The van der Waals surface area contributed by atoms with Crippen LogP contribution in [0.3, 0.4) is 0 Å². The van der Waals surface area contributed by atoms with Gasteiger partial charge in [-0.3, -0.25) is 28.8 Å². The first-order chi connectivity index (χ1) is 24.1. The van der Waals surface area contributed by atoms with Crippen LogP contribution >= 0.6 is 0 Å². The normalized spacial score (nSPS) is 28.9. The second kappa shape index (κ2) is 14.1. The predicted octanol–water partition coefficient (Wildman–Crippen LogP) is 2.72. The standard InChI is InChI=1S/C34H42F3N5O8S/c1-2-22-15-33(22,31(46)40-51(48,49)24-12-13-24)39-29(44)27-14-23-18-42(27)30(45)26(16-34(35,36)37)38-28(43)11-6-4-3-5-8-20-9-7-10-21-17-41(19-25(20)21)32(47)50-23/h2,7,9-10,22-24,26-27H,1,3-6,8,11-19H2,(H,38,43)(H,39,44)(H,40,46)/t22-,23-,26+,27+,33+/m1/s1. The molecule has 4 bridgehead atoms. The Morgan fingerprint density at radius 3 is 2.43 bits per heavy atom. The highest BCUT2D eigenvalue weighted by Crippen LogP contribution is 2.45. The number of nitrogens with zero attached hydrogens (tertiary/aromatic N) is 2. The number of halogens is 3. The smallest absolute Gasteiger partial charge is 0.410 e. The van der Waals surface area contributed by atoms with Crippen LogP contribution in [0.2, 0.25) is 0 Å². The Morgan fingerprint density at radius 1 is 1.06 bits per heavy atom. The van der Waals surface area contributed by atoms with Crippen LogP contribution in [0.4, 0.5) is 18.0 Å². The number of carbonyl (C=O) groups excluding carboxylic acids is 5. The molecule has 51 heavy (non-hydrogen) atoms. The van der Waals surface area contributed by atoms with Gasteiger partial charge in [-0.05, 0) is 55.2 Å². The first-order valence-corrected chi connectivity index (χ1v) is 18.9. The molecule has 2 aliphatic carbocycles. The van der Waals surface area contributed by atoms with E-state index in [1.54, 1.807) is 0 Å². The van der Waals surface area contributed by atoms with Gasteiger partial charge < -0.3 is 20.3 Å². The van der Waals surface area contributed by atoms with Crippen LogP contribution in [0.5, 0.6) is 0 Å². The monoisotopic (exact) mass is 737 g/mol. The number of benzene rings is 1.